The smallest absolute Gasteiger partial charge is 0.338 e. The average molecular weight is 742 g/mol. The van der Waals surface area contributed by atoms with E-state index in [1.807, 2.05) is 78.9 Å². The van der Waals surface area contributed by atoms with Crippen LogP contribution in [0.1, 0.15) is 35.2 Å². The lowest BCUT2D eigenvalue weighted by atomic mass is 9.93. The number of hydrogen-bond acceptors (Lipinski definition) is 9. The lowest BCUT2D eigenvalue weighted by Gasteiger charge is -2.26. The fourth-order valence-corrected chi connectivity index (χ4v) is 6.83. The van der Waals surface area contributed by atoms with Gasteiger partial charge in [-0.1, -0.05) is 81.9 Å². The predicted octanol–water partition coefficient (Wildman–Crippen LogP) is 6.30. The Bertz CT molecular complexity index is 2210. The molecule has 0 unspecified atom stereocenters. The van der Waals surface area contributed by atoms with E-state index in [2.05, 4.69) is 15.9 Å². The summed E-state index contributed by atoms with van der Waals surface area (Å²) in [5.41, 5.74) is 3.45. The lowest BCUT2D eigenvalue weighted by molar-refractivity contribution is -0.138. The number of aromatic nitrogens is 1. The second-order valence-electron chi connectivity index (χ2n) is 10.9. The number of benzene rings is 4. The summed E-state index contributed by atoms with van der Waals surface area (Å²) in [7, 11) is 4.66. The first-order valence-corrected chi connectivity index (χ1v) is 17.0. The van der Waals surface area contributed by atoms with Crippen LogP contribution in [0.2, 0.25) is 0 Å². The minimum absolute atomic E-state index is 0.151. The van der Waals surface area contributed by atoms with E-state index in [9.17, 15) is 9.59 Å². The van der Waals surface area contributed by atoms with E-state index in [0.29, 0.717) is 50.2 Å². The Morgan fingerprint density at radius 3 is 2.27 bits per heavy atom. The molecule has 1 aliphatic heterocycles. The first-order chi connectivity index (χ1) is 23.8. The number of carbonyl (C=O) groups excluding carboxylic acids is 1. The van der Waals surface area contributed by atoms with Crippen molar-refractivity contribution in [3.8, 4) is 23.0 Å². The van der Waals surface area contributed by atoms with Gasteiger partial charge in [-0.3, -0.25) is 9.36 Å². The maximum Gasteiger partial charge on any atom is 0.338 e. The molecule has 0 saturated heterocycles. The number of carbonyl (C=O) groups is 1. The molecule has 0 fully saturated rings. The van der Waals surface area contributed by atoms with Crippen molar-refractivity contribution in [2.75, 3.05) is 27.9 Å². The molecule has 0 saturated carbocycles. The number of fused-ring (bicyclic) bond motifs is 1. The van der Waals surface area contributed by atoms with Crippen molar-refractivity contribution in [1.82, 2.24) is 4.57 Å². The van der Waals surface area contributed by atoms with E-state index in [4.69, 9.17) is 28.7 Å². The lowest BCUT2D eigenvalue weighted by Crippen LogP contribution is -2.40. The van der Waals surface area contributed by atoms with Crippen molar-refractivity contribution in [2.24, 2.45) is 4.99 Å². The zero-order valence-corrected chi connectivity index (χ0v) is 29.7. The van der Waals surface area contributed by atoms with Crippen molar-refractivity contribution in [2.45, 2.75) is 19.6 Å². The molecular weight excluding hydrogens is 708 g/mol. The number of nitrogens with zero attached hydrogens (tertiary/aromatic N) is 2. The molecule has 49 heavy (non-hydrogen) atoms. The molecule has 250 valence electrons. The van der Waals surface area contributed by atoms with Gasteiger partial charge in [-0.15, -0.1) is 0 Å². The Morgan fingerprint density at radius 2 is 1.57 bits per heavy atom. The molecule has 1 aliphatic rings. The maximum atomic E-state index is 14.3. The molecule has 6 rings (SSSR count). The minimum Gasteiger partial charge on any atom is -0.493 e. The molecule has 9 nitrogen and oxygen atoms in total. The molecular formula is C38H33BrN2O7S. The van der Waals surface area contributed by atoms with Gasteiger partial charge in [0.25, 0.3) is 5.56 Å². The van der Waals surface area contributed by atoms with Gasteiger partial charge in [0, 0.05) is 10.0 Å². The standard InChI is InChI=1S/C38H33BrN2O7S/c1-5-47-37(43)33-34(25-9-7-6-8-10-25)40-38-41(35(33)26-14-18-28(44-2)31(21-26)46-4)36(42)32(49-38)20-24-13-17-29(30(19-24)45-3)48-22-23-11-15-27(39)16-12-23/h6-21,35H,5,22H2,1-4H3/b32-20-/t35-/m1/s1. The van der Waals surface area contributed by atoms with Gasteiger partial charge < -0.3 is 23.7 Å². The molecule has 0 N–H and O–H groups in total. The monoisotopic (exact) mass is 740 g/mol. The number of methoxy groups -OCH3 is 3. The second kappa shape index (κ2) is 15.0. The van der Waals surface area contributed by atoms with Crippen LogP contribution in [-0.4, -0.2) is 38.5 Å². The summed E-state index contributed by atoms with van der Waals surface area (Å²) in [5, 5.41) is 0. The summed E-state index contributed by atoms with van der Waals surface area (Å²) in [6, 6.07) is 27.3. The first kappa shape index (κ1) is 33.8. The highest BCUT2D eigenvalue weighted by molar-refractivity contribution is 9.10. The van der Waals surface area contributed by atoms with E-state index in [-0.39, 0.29) is 17.7 Å². The van der Waals surface area contributed by atoms with Crippen molar-refractivity contribution in [3.63, 3.8) is 0 Å². The Balaban J connectivity index is 1.49. The van der Waals surface area contributed by atoms with Crippen molar-refractivity contribution >= 4 is 45.0 Å². The van der Waals surface area contributed by atoms with E-state index in [1.54, 1.807) is 43.9 Å². The number of thiazole rings is 1. The zero-order valence-electron chi connectivity index (χ0n) is 27.3. The SMILES string of the molecule is CCOC(=O)C1=C(c2ccccc2)N=c2s/c(=C\c3ccc(OCc4ccc(Br)cc4)c(OC)c3)c(=O)n2[C@@H]1c1ccc(OC)c(OC)c1. The van der Waals surface area contributed by atoms with Gasteiger partial charge >= 0.3 is 5.97 Å². The van der Waals surface area contributed by atoms with Crippen LogP contribution in [0.25, 0.3) is 11.8 Å². The molecule has 0 aliphatic carbocycles. The van der Waals surface area contributed by atoms with Crippen LogP contribution in [-0.2, 0) is 16.1 Å². The summed E-state index contributed by atoms with van der Waals surface area (Å²) in [6.45, 7) is 2.26. The van der Waals surface area contributed by atoms with Gasteiger partial charge in [0.05, 0.1) is 49.8 Å². The predicted molar refractivity (Wildman–Crippen MR) is 192 cm³/mol. The molecule has 1 atom stereocenters. The van der Waals surface area contributed by atoms with Gasteiger partial charge in [-0.05, 0) is 66.1 Å². The summed E-state index contributed by atoms with van der Waals surface area (Å²) >= 11 is 4.69. The Kier molecular flexibility index (Phi) is 10.3. The van der Waals surface area contributed by atoms with Gasteiger partial charge in [0.2, 0.25) is 0 Å². The molecule has 0 bridgehead atoms. The highest BCUT2D eigenvalue weighted by Crippen LogP contribution is 2.38. The second-order valence-corrected chi connectivity index (χ2v) is 12.8. The van der Waals surface area contributed by atoms with Crippen LogP contribution in [0, 0.1) is 0 Å². The largest absolute Gasteiger partial charge is 0.493 e. The Labute approximate surface area is 295 Å². The third-order valence-corrected chi connectivity index (χ3v) is 9.40. The van der Waals surface area contributed by atoms with E-state index >= 15 is 0 Å². The van der Waals surface area contributed by atoms with Gasteiger partial charge in [0.1, 0.15) is 6.61 Å². The van der Waals surface area contributed by atoms with E-state index < -0.39 is 12.0 Å². The zero-order chi connectivity index (χ0) is 34.5. The van der Waals surface area contributed by atoms with Crippen LogP contribution in [0.4, 0.5) is 0 Å². The fraction of sp³-hybridized carbons (Fsp3) is 0.184. The summed E-state index contributed by atoms with van der Waals surface area (Å²) in [6.07, 6.45) is 1.78. The highest BCUT2D eigenvalue weighted by Gasteiger charge is 2.35. The Morgan fingerprint density at radius 1 is 0.878 bits per heavy atom. The van der Waals surface area contributed by atoms with Crippen molar-refractivity contribution in [3.05, 3.63) is 143 Å². The number of rotatable bonds is 11. The fourth-order valence-electron chi connectivity index (χ4n) is 5.56. The molecule has 0 spiro atoms. The van der Waals surface area contributed by atoms with E-state index in [1.165, 1.54) is 18.4 Å². The number of halogens is 1. The molecule has 1 aromatic heterocycles. The summed E-state index contributed by atoms with van der Waals surface area (Å²) in [4.78, 5) is 33.5. The average Bonchev–Trinajstić information content (AvgIpc) is 3.44. The summed E-state index contributed by atoms with van der Waals surface area (Å²) in [5.74, 6) is 1.50. The molecule has 11 heteroatoms. The molecule has 4 aromatic carbocycles. The van der Waals surface area contributed by atoms with Crippen molar-refractivity contribution in [1.29, 1.82) is 0 Å². The Hall–Kier alpha value is -5.13. The van der Waals surface area contributed by atoms with Crippen LogP contribution >= 0.6 is 27.3 Å². The molecule has 0 radical (unpaired) electrons. The van der Waals surface area contributed by atoms with Gasteiger partial charge in [0.15, 0.2) is 27.8 Å². The number of esters is 1. The van der Waals surface area contributed by atoms with Crippen LogP contribution in [0.3, 0.4) is 0 Å². The molecule has 2 heterocycles. The molecule has 5 aromatic rings. The quantitative estimate of drug-likeness (QED) is 0.147. The van der Waals surface area contributed by atoms with Crippen molar-refractivity contribution < 1.29 is 28.5 Å². The topological polar surface area (TPSA) is 97.6 Å². The maximum absolute atomic E-state index is 14.3. The third kappa shape index (κ3) is 7.04. The normalized spacial score (nSPS) is 14.1. The minimum atomic E-state index is -0.864. The van der Waals surface area contributed by atoms with E-state index in [0.717, 1.165) is 21.2 Å². The first-order valence-electron chi connectivity index (χ1n) is 15.4. The summed E-state index contributed by atoms with van der Waals surface area (Å²) < 4.78 is 31.3. The van der Waals surface area contributed by atoms with Crippen LogP contribution in [0.5, 0.6) is 23.0 Å². The molecule has 0 amide bonds. The van der Waals surface area contributed by atoms with Gasteiger partial charge in [-0.2, -0.15) is 0 Å². The third-order valence-electron chi connectivity index (χ3n) is 7.89. The highest BCUT2D eigenvalue weighted by atomic mass is 79.9. The van der Waals surface area contributed by atoms with Crippen LogP contribution < -0.4 is 33.8 Å². The number of ether oxygens (including phenoxy) is 5. The van der Waals surface area contributed by atoms with Gasteiger partial charge in [-0.25, -0.2) is 9.79 Å². The number of hydrogen-bond donors (Lipinski definition) is 0. The van der Waals surface area contributed by atoms with Crippen LogP contribution in [0.15, 0.2) is 111 Å².